The fourth-order valence-corrected chi connectivity index (χ4v) is 10.4. The number of allylic oxidation sites excluding steroid dienone is 4. The second kappa shape index (κ2) is 12.6. The van der Waals surface area contributed by atoms with Crippen LogP contribution in [0.1, 0.15) is 37.9 Å². The second-order valence-electron chi connectivity index (χ2n) is 9.95. The van der Waals surface area contributed by atoms with Crippen LogP contribution in [0.15, 0.2) is 146 Å². The normalized spacial score (nSPS) is 14.2. The Morgan fingerprint density at radius 1 is 0.575 bits per heavy atom. The number of halogens is 2. The maximum absolute atomic E-state index is 2.47. The summed E-state index contributed by atoms with van der Waals surface area (Å²) in [7, 11) is 0. The van der Waals surface area contributed by atoms with Gasteiger partial charge in [0, 0.05) is 0 Å². The third-order valence-electron chi connectivity index (χ3n) is 7.67. The van der Waals surface area contributed by atoms with Gasteiger partial charge < -0.3 is 24.8 Å². The van der Waals surface area contributed by atoms with Gasteiger partial charge in [-0.2, -0.15) is 0 Å². The monoisotopic (exact) mass is 631 g/mol. The molecular formula is C37H27Cl2Zr. The molecule has 0 spiro atoms. The maximum Gasteiger partial charge on any atom is -1.00 e. The van der Waals surface area contributed by atoms with Crippen molar-refractivity contribution in [2.45, 2.75) is 10.0 Å². The van der Waals surface area contributed by atoms with Gasteiger partial charge in [-0.1, -0.05) is 0 Å². The molecule has 5 aromatic carbocycles. The van der Waals surface area contributed by atoms with Crippen molar-refractivity contribution < 1.29 is 47.6 Å². The van der Waals surface area contributed by atoms with Crippen LogP contribution in [0, 0.1) is 0 Å². The zero-order valence-corrected chi connectivity index (χ0v) is 25.9. The summed E-state index contributed by atoms with van der Waals surface area (Å²) in [5.41, 5.74) is 14.1. The van der Waals surface area contributed by atoms with Gasteiger partial charge in [-0.05, 0) is 0 Å². The molecule has 2 aliphatic carbocycles. The Labute approximate surface area is 260 Å². The molecule has 1 unspecified atom stereocenters. The molecule has 1 atom stereocenters. The van der Waals surface area contributed by atoms with Gasteiger partial charge in [0.15, 0.2) is 0 Å². The van der Waals surface area contributed by atoms with Gasteiger partial charge in [0.05, 0.1) is 0 Å². The second-order valence-corrected chi connectivity index (χ2v) is 13.3. The van der Waals surface area contributed by atoms with Gasteiger partial charge in [0.1, 0.15) is 0 Å². The zero-order valence-electron chi connectivity index (χ0n) is 21.9. The van der Waals surface area contributed by atoms with E-state index in [2.05, 4.69) is 146 Å². The first kappa shape index (κ1) is 28.4. The zero-order chi connectivity index (χ0) is 25.3. The molecule has 0 fully saturated rings. The van der Waals surface area contributed by atoms with E-state index in [1.165, 1.54) is 50.1 Å². The number of fused-ring (bicyclic) bond motifs is 3. The van der Waals surface area contributed by atoms with Crippen LogP contribution in [-0.2, 0) is 22.8 Å². The van der Waals surface area contributed by atoms with Gasteiger partial charge in [-0.3, -0.25) is 0 Å². The van der Waals surface area contributed by atoms with Crippen molar-refractivity contribution in [1.29, 1.82) is 0 Å². The molecule has 0 saturated carbocycles. The van der Waals surface area contributed by atoms with E-state index >= 15 is 0 Å². The molecule has 2 aliphatic rings. The molecule has 0 aliphatic heterocycles. The minimum Gasteiger partial charge on any atom is -1.00 e. The molecule has 5 aromatic rings. The van der Waals surface area contributed by atoms with Crippen molar-refractivity contribution in [3.63, 3.8) is 0 Å². The Hall–Kier alpha value is -3.09. The van der Waals surface area contributed by atoms with Crippen LogP contribution in [0.3, 0.4) is 0 Å². The van der Waals surface area contributed by atoms with E-state index in [-0.39, 0.29) is 24.8 Å². The third-order valence-corrected chi connectivity index (χ3v) is 12.0. The van der Waals surface area contributed by atoms with E-state index in [1.54, 1.807) is 8.77 Å². The van der Waals surface area contributed by atoms with E-state index in [1.807, 2.05) is 0 Å². The molecule has 0 amide bonds. The molecule has 0 saturated heterocycles. The van der Waals surface area contributed by atoms with E-state index in [9.17, 15) is 0 Å². The fourth-order valence-electron chi connectivity index (χ4n) is 5.88. The summed E-state index contributed by atoms with van der Waals surface area (Å²) in [5, 5.41) is 0. The van der Waals surface area contributed by atoms with E-state index in [4.69, 9.17) is 0 Å². The van der Waals surface area contributed by atoms with Crippen LogP contribution in [0.5, 0.6) is 0 Å². The largest absolute Gasteiger partial charge is 1.00 e. The van der Waals surface area contributed by atoms with E-state index in [0.29, 0.717) is 3.63 Å². The Morgan fingerprint density at radius 2 is 1.15 bits per heavy atom. The molecular weight excluding hydrogens is 607 g/mol. The molecule has 0 N–H and O–H groups in total. The SMILES string of the molecule is C1=CCC(c2cc(-c3ccccc3)cc3c2[CH]([Zr+2]=[C](c2ccccc2)c2ccccc2)c2ccccc2-3)=C1.[Cl-].[Cl-]. The van der Waals surface area contributed by atoms with Crippen molar-refractivity contribution in [2.24, 2.45) is 0 Å². The summed E-state index contributed by atoms with van der Waals surface area (Å²) in [6.45, 7) is 0. The standard InChI is InChI=1S/C24H17.C13H10.2ClH.Zr/c1-2-8-17(9-3-1)20-15-22(18-10-4-5-11-18)24-14-19-12-6-7-13-21(19)23(24)16-20;1-3-7-12(8-4-1)11-13-9-5-2-6-10-13;;;/h1-10,12-16H,11H2;1-10H;2*1H;/q;;;;+2/p-2. The molecule has 0 aromatic heterocycles. The van der Waals surface area contributed by atoms with Crippen LogP contribution < -0.4 is 24.8 Å². The summed E-state index contributed by atoms with van der Waals surface area (Å²) < 4.78 is 2.03. The Kier molecular flexibility index (Phi) is 8.97. The minimum atomic E-state index is -1.15. The average molecular weight is 634 g/mol. The summed E-state index contributed by atoms with van der Waals surface area (Å²) in [6, 6.07) is 47.1. The minimum absolute atomic E-state index is 0. The van der Waals surface area contributed by atoms with Crippen LogP contribution in [0.2, 0.25) is 0 Å². The van der Waals surface area contributed by atoms with Crippen LogP contribution in [-0.4, -0.2) is 3.21 Å². The van der Waals surface area contributed by atoms with E-state index in [0.717, 1.165) is 6.42 Å². The molecule has 0 bridgehead atoms. The summed E-state index contributed by atoms with van der Waals surface area (Å²) in [4.78, 5) is 0. The predicted molar refractivity (Wildman–Crippen MR) is 157 cm³/mol. The quantitative estimate of drug-likeness (QED) is 0.279. The molecule has 7 rings (SSSR count). The first-order chi connectivity index (χ1) is 18.9. The summed E-state index contributed by atoms with van der Waals surface area (Å²) >= 11 is -1.15. The van der Waals surface area contributed by atoms with Gasteiger partial charge >= 0.3 is 237 Å². The molecule has 0 heterocycles. The Morgan fingerprint density at radius 3 is 1.77 bits per heavy atom. The van der Waals surface area contributed by atoms with Crippen molar-refractivity contribution in [2.75, 3.05) is 0 Å². The smallest absolute Gasteiger partial charge is 1.00 e. The number of benzene rings is 5. The molecule has 193 valence electrons. The summed E-state index contributed by atoms with van der Waals surface area (Å²) in [5.74, 6) is 0. The topological polar surface area (TPSA) is 0 Å². The molecule has 0 radical (unpaired) electrons. The van der Waals surface area contributed by atoms with Crippen molar-refractivity contribution in [1.82, 2.24) is 0 Å². The molecule has 3 heteroatoms. The Bertz CT molecular complexity index is 1680. The first-order valence-electron chi connectivity index (χ1n) is 13.3. The van der Waals surface area contributed by atoms with Gasteiger partial charge in [0.2, 0.25) is 0 Å². The van der Waals surface area contributed by atoms with Crippen LogP contribution in [0.4, 0.5) is 0 Å². The number of rotatable bonds is 5. The van der Waals surface area contributed by atoms with E-state index < -0.39 is 22.8 Å². The fraction of sp³-hybridized carbons (Fsp3) is 0.0541. The van der Waals surface area contributed by atoms with Crippen molar-refractivity contribution >= 4 is 8.78 Å². The van der Waals surface area contributed by atoms with Gasteiger partial charge in [0.25, 0.3) is 0 Å². The number of hydrogen-bond acceptors (Lipinski definition) is 0. The molecule has 0 nitrogen and oxygen atoms in total. The summed E-state index contributed by atoms with van der Waals surface area (Å²) in [6.07, 6.45) is 7.85. The Balaban J connectivity index is 0.00000161. The average Bonchev–Trinajstić information content (AvgIpc) is 3.64. The van der Waals surface area contributed by atoms with Crippen LogP contribution >= 0.6 is 0 Å². The first-order valence-corrected chi connectivity index (χ1v) is 15.9. The number of hydrogen-bond donors (Lipinski definition) is 0. The van der Waals surface area contributed by atoms with Crippen LogP contribution in [0.25, 0.3) is 27.8 Å². The van der Waals surface area contributed by atoms with Crippen molar-refractivity contribution in [3.8, 4) is 22.3 Å². The van der Waals surface area contributed by atoms with Crippen molar-refractivity contribution in [3.05, 3.63) is 173 Å². The predicted octanol–water partition coefficient (Wildman–Crippen LogP) is 3.13. The molecule has 40 heavy (non-hydrogen) atoms. The maximum atomic E-state index is 2.47. The van der Waals surface area contributed by atoms with Gasteiger partial charge in [-0.25, -0.2) is 0 Å². The van der Waals surface area contributed by atoms with Gasteiger partial charge in [-0.15, -0.1) is 0 Å². The third kappa shape index (κ3) is 5.32.